The summed E-state index contributed by atoms with van der Waals surface area (Å²) >= 11 is 6.04. The summed E-state index contributed by atoms with van der Waals surface area (Å²) in [4.78, 5) is 12.2. The molecule has 1 N–H and O–H groups in total. The van der Waals surface area contributed by atoms with E-state index in [0.717, 1.165) is 12.8 Å². The van der Waals surface area contributed by atoms with Gasteiger partial charge in [0.1, 0.15) is 0 Å². The molecule has 0 saturated carbocycles. The molecule has 0 aliphatic heterocycles. The number of hydrogen-bond acceptors (Lipinski definition) is 1. The third-order valence-corrected chi connectivity index (χ3v) is 3.89. The highest BCUT2D eigenvalue weighted by Crippen LogP contribution is 2.31. The van der Waals surface area contributed by atoms with E-state index in [1.807, 2.05) is 24.3 Å². The Balaban J connectivity index is 1.81. The second-order valence-electron chi connectivity index (χ2n) is 4.74. The monoisotopic (exact) mass is 271 g/mol. The van der Waals surface area contributed by atoms with E-state index >= 15 is 0 Å². The van der Waals surface area contributed by atoms with Crippen molar-refractivity contribution in [1.29, 1.82) is 0 Å². The van der Waals surface area contributed by atoms with Gasteiger partial charge in [-0.1, -0.05) is 48.0 Å². The van der Waals surface area contributed by atoms with Crippen molar-refractivity contribution in [3.05, 3.63) is 70.2 Å². The quantitative estimate of drug-likeness (QED) is 0.885. The van der Waals surface area contributed by atoms with Crippen LogP contribution in [0.5, 0.6) is 0 Å². The summed E-state index contributed by atoms with van der Waals surface area (Å²) in [5.41, 5.74) is 3.09. The highest BCUT2D eigenvalue weighted by molar-refractivity contribution is 6.33. The lowest BCUT2D eigenvalue weighted by atomic mass is 10.1. The van der Waals surface area contributed by atoms with Gasteiger partial charge in [-0.2, -0.15) is 0 Å². The summed E-state index contributed by atoms with van der Waals surface area (Å²) in [6.45, 7) is 0. The molecule has 0 fully saturated rings. The third kappa shape index (κ3) is 2.36. The van der Waals surface area contributed by atoms with Crippen molar-refractivity contribution in [1.82, 2.24) is 5.32 Å². The molecule has 0 heterocycles. The summed E-state index contributed by atoms with van der Waals surface area (Å²) in [5.74, 6) is -0.104. The van der Waals surface area contributed by atoms with Crippen molar-refractivity contribution in [3.8, 4) is 0 Å². The molecular weight excluding hydrogens is 258 g/mol. The zero-order valence-corrected chi connectivity index (χ0v) is 11.2. The molecule has 96 valence electrons. The molecule has 1 amide bonds. The third-order valence-electron chi connectivity index (χ3n) is 3.56. The summed E-state index contributed by atoms with van der Waals surface area (Å²) in [6, 6.07) is 15.5. The molecule has 0 aromatic heterocycles. The zero-order valence-electron chi connectivity index (χ0n) is 10.4. The van der Waals surface area contributed by atoms with Crippen molar-refractivity contribution in [2.24, 2.45) is 0 Å². The van der Waals surface area contributed by atoms with Crippen molar-refractivity contribution in [3.63, 3.8) is 0 Å². The minimum Gasteiger partial charge on any atom is -0.345 e. The molecule has 1 atom stereocenters. The van der Waals surface area contributed by atoms with E-state index in [-0.39, 0.29) is 11.9 Å². The maximum atomic E-state index is 12.2. The fourth-order valence-corrected chi connectivity index (χ4v) is 2.81. The Morgan fingerprint density at radius 3 is 2.68 bits per heavy atom. The predicted octanol–water partition coefficient (Wildman–Crippen LogP) is 3.76. The molecule has 0 bridgehead atoms. The Morgan fingerprint density at radius 1 is 1.11 bits per heavy atom. The van der Waals surface area contributed by atoms with Crippen molar-refractivity contribution in [2.45, 2.75) is 18.9 Å². The van der Waals surface area contributed by atoms with Crippen molar-refractivity contribution >= 4 is 17.5 Å². The van der Waals surface area contributed by atoms with E-state index < -0.39 is 0 Å². The summed E-state index contributed by atoms with van der Waals surface area (Å²) in [7, 11) is 0. The Hall–Kier alpha value is -1.80. The van der Waals surface area contributed by atoms with Crippen LogP contribution >= 0.6 is 11.6 Å². The summed E-state index contributed by atoms with van der Waals surface area (Å²) < 4.78 is 0. The van der Waals surface area contributed by atoms with Gasteiger partial charge in [0.15, 0.2) is 0 Å². The molecule has 0 unspecified atom stereocenters. The lowest BCUT2D eigenvalue weighted by Crippen LogP contribution is -2.27. The second-order valence-corrected chi connectivity index (χ2v) is 5.15. The molecule has 0 spiro atoms. The average Bonchev–Trinajstić information content (AvgIpc) is 2.83. The normalized spacial score (nSPS) is 17.0. The van der Waals surface area contributed by atoms with E-state index in [4.69, 9.17) is 11.6 Å². The van der Waals surface area contributed by atoms with E-state index in [9.17, 15) is 4.79 Å². The number of benzene rings is 2. The zero-order chi connectivity index (χ0) is 13.2. The predicted molar refractivity (Wildman–Crippen MR) is 76.4 cm³/mol. The lowest BCUT2D eigenvalue weighted by Gasteiger charge is -2.14. The molecule has 0 radical (unpaired) electrons. The SMILES string of the molecule is O=C(N[C@@H]1CCc2ccccc21)c1ccccc1Cl. The number of aryl methyl sites for hydroxylation is 1. The Kier molecular flexibility index (Phi) is 3.26. The van der Waals surface area contributed by atoms with Crippen LogP contribution in [0.3, 0.4) is 0 Å². The standard InChI is InChI=1S/C16H14ClNO/c17-14-8-4-3-7-13(14)16(19)18-15-10-9-11-5-1-2-6-12(11)15/h1-8,15H,9-10H2,(H,18,19)/t15-/m1/s1. The molecule has 2 nitrogen and oxygen atoms in total. The van der Waals surface area contributed by atoms with Gasteiger partial charge in [0.05, 0.1) is 16.6 Å². The second kappa shape index (κ2) is 5.06. The van der Waals surface area contributed by atoms with Crippen LogP contribution in [0.4, 0.5) is 0 Å². The number of rotatable bonds is 2. The van der Waals surface area contributed by atoms with Gasteiger partial charge in [0, 0.05) is 0 Å². The lowest BCUT2D eigenvalue weighted by molar-refractivity contribution is 0.0937. The fourth-order valence-electron chi connectivity index (χ4n) is 2.59. The molecule has 1 aliphatic rings. The topological polar surface area (TPSA) is 29.1 Å². The smallest absolute Gasteiger partial charge is 0.253 e. The maximum Gasteiger partial charge on any atom is 0.253 e. The first kappa shape index (κ1) is 12.2. The van der Waals surface area contributed by atoms with Crippen LogP contribution in [0.2, 0.25) is 5.02 Å². The number of nitrogens with one attached hydrogen (secondary N) is 1. The van der Waals surface area contributed by atoms with E-state index in [2.05, 4.69) is 17.4 Å². The number of halogens is 1. The number of hydrogen-bond donors (Lipinski definition) is 1. The van der Waals surface area contributed by atoms with Gasteiger partial charge in [-0.15, -0.1) is 0 Å². The molecule has 2 aromatic carbocycles. The van der Waals surface area contributed by atoms with E-state index in [1.165, 1.54) is 11.1 Å². The van der Waals surface area contributed by atoms with Crippen molar-refractivity contribution in [2.75, 3.05) is 0 Å². The molecule has 1 aliphatic carbocycles. The van der Waals surface area contributed by atoms with Gasteiger partial charge >= 0.3 is 0 Å². The fraction of sp³-hybridized carbons (Fsp3) is 0.188. The van der Waals surface area contributed by atoms with Crippen LogP contribution in [0.25, 0.3) is 0 Å². The molecule has 19 heavy (non-hydrogen) atoms. The molecule has 3 heteroatoms. The van der Waals surface area contributed by atoms with Crippen LogP contribution in [-0.2, 0) is 6.42 Å². The average molecular weight is 272 g/mol. The first-order valence-corrected chi connectivity index (χ1v) is 6.76. The van der Waals surface area contributed by atoms with Crippen LogP contribution in [0.1, 0.15) is 33.9 Å². The number of carbonyl (C=O) groups is 1. The number of carbonyl (C=O) groups excluding carboxylic acids is 1. The van der Waals surface area contributed by atoms with E-state index in [1.54, 1.807) is 12.1 Å². The van der Waals surface area contributed by atoms with E-state index in [0.29, 0.717) is 10.6 Å². The number of fused-ring (bicyclic) bond motifs is 1. The van der Waals surface area contributed by atoms with Gasteiger partial charge in [-0.3, -0.25) is 4.79 Å². The first-order valence-electron chi connectivity index (χ1n) is 6.39. The molecule has 3 rings (SSSR count). The molecule has 2 aromatic rings. The summed E-state index contributed by atoms with van der Waals surface area (Å²) in [6.07, 6.45) is 1.97. The number of amides is 1. The van der Waals surface area contributed by atoms with Crippen LogP contribution < -0.4 is 5.32 Å². The first-order chi connectivity index (χ1) is 9.25. The van der Waals surface area contributed by atoms with Crippen molar-refractivity contribution < 1.29 is 4.79 Å². The van der Waals surface area contributed by atoms with Gasteiger partial charge in [-0.25, -0.2) is 0 Å². The Bertz CT molecular complexity index is 624. The Morgan fingerprint density at radius 2 is 1.84 bits per heavy atom. The summed E-state index contributed by atoms with van der Waals surface area (Å²) in [5, 5.41) is 3.56. The largest absolute Gasteiger partial charge is 0.345 e. The highest BCUT2D eigenvalue weighted by atomic mass is 35.5. The minimum absolute atomic E-state index is 0.0972. The minimum atomic E-state index is -0.104. The van der Waals surface area contributed by atoms with Gasteiger partial charge in [-0.05, 0) is 36.1 Å². The van der Waals surface area contributed by atoms with Crippen LogP contribution in [-0.4, -0.2) is 5.91 Å². The highest BCUT2D eigenvalue weighted by Gasteiger charge is 2.24. The van der Waals surface area contributed by atoms with Crippen LogP contribution in [0, 0.1) is 0 Å². The molecular formula is C16H14ClNO. The maximum absolute atomic E-state index is 12.2. The molecule has 0 saturated heterocycles. The Labute approximate surface area is 117 Å². The van der Waals surface area contributed by atoms with Gasteiger partial charge < -0.3 is 5.32 Å². The van der Waals surface area contributed by atoms with Gasteiger partial charge in [0.2, 0.25) is 0 Å². The van der Waals surface area contributed by atoms with Gasteiger partial charge in [0.25, 0.3) is 5.91 Å². The van der Waals surface area contributed by atoms with Crippen LogP contribution in [0.15, 0.2) is 48.5 Å².